The van der Waals surface area contributed by atoms with Gasteiger partial charge < -0.3 is 9.57 Å². The van der Waals surface area contributed by atoms with Crippen LogP contribution >= 0.6 is 11.6 Å². The van der Waals surface area contributed by atoms with E-state index in [2.05, 4.69) is 9.82 Å². The summed E-state index contributed by atoms with van der Waals surface area (Å²) >= 11 is 6.03. The summed E-state index contributed by atoms with van der Waals surface area (Å²) in [7, 11) is 1.58. The third-order valence-electron chi connectivity index (χ3n) is 5.39. The van der Waals surface area contributed by atoms with E-state index in [0.29, 0.717) is 23.7 Å². The number of hydrogen-bond acceptors (Lipinski definition) is 6. The summed E-state index contributed by atoms with van der Waals surface area (Å²) in [5, 5.41) is 0.609. The minimum Gasteiger partial charge on any atom is -0.425 e. The van der Waals surface area contributed by atoms with E-state index >= 15 is 0 Å². The normalized spacial score (nSPS) is 11.3. The molecule has 0 aliphatic heterocycles. The summed E-state index contributed by atoms with van der Waals surface area (Å²) in [5.74, 6) is 5.69. The van der Waals surface area contributed by atoms with Crippen LogP contribution in [-0.4, -0.2) is 25.3 Å². The first-order valence-corrected chi connectivity index (χ1v) is 10.8. The lowest BCUT2D eigenvalue weighted by molar-refractivity contribution is 0.131. The van der Waals surface area contributed by atoms with Gasteiger partial charge in [0.1, 0.15) is 5.75 Å². The Morgan fingerprint density at radius 1 is 1.06 bits per heavy atom. The first-order chi connectivity index (χ1) is 15.9. The number of hydrogen-bond donors (Lipinski definition) is 1. The highest BCUT2D eigenvalue weighted by molar-refractivity contribution is 6.30. The van der Waals surface area contributed by atoms with E-state index in [4.69, 9.17) is 22.2 Å². The Labute approximate surface area is 194 Å². The number of benzene rings is 2. The van der Waals surface area contributed by atoms with Gasteiger partial charge in [-0.1, -0.05) is 41.9 Å². The summed E-state index contributed by atoms with van der Waals surface area (Å²) in [6.45, 7) is 2.61. The van der Waals surface area contributed by atoms with Gasteiger partial charge in [-0.2, -0.15) is 4.98 Å². The maximum Gasteiger partial charge on any atom is 0.332 e. The van der Waals surface area contributed by atoms with Gasteiger partial charge in [-0.25, -0.2) is 10.7 Å². The zero-order valence-electron chi connectivity index (χ0n) is 18.3. The molecule has 4 aromatic rings. The van der Waals surface area contributed by atoms with Gasteiger partial charge in [0.05, 0.1) is 13.2 Å². The monoisotopic (exact) mass is 469 g/mol. The predicted molar refractivity (Wildman–Crippen MR) is 126 cm³/mol. The van der Waals surface area contributed by atoms with Gasteiger partial charge in [0.25, 0.3) is 5.56 Å². The number of rotatable bonds is 8. The van der Waals surface area contributed by atoms with Crippen molar-refractivity contribution in [3.05, 3.63) is 85.5 Å². The zero-order chi connectivity index (χ0) is 23.5. The molecule has 10 heteroatoms. The smallest absolute Gasteiger partial charge is 0.332 e. The fourth-order valence-electron chi connectivity index (χ4n) is 3.62. The van der Waals surface area contributed by atoms with E-state index in [0.717, 1.165) is 11.1 Å². The van der Waals surface area contributed by atoms with Crippen LogP contribution in [0, 0.1) is 6.92 Å². The van der Waals surface area contributed by atoms with Crippen molar-refractivity contribution < 1.29 is 9.57 Å². The van der Waals surface area contributed by atoms with Crippen molar-refractivity contribution in [3.63, 3.8) is 0 Å². The van der Waals surface area contributed by atoms with Crippen molar-refractivity contribution in [2.75, 3.05) is 6.61 Å². The van der Waals surface area contributed by atoms with Crippen molar-refractivity contribution in [3.8, 4) is 11.8 Å². The summed E-state index contributed by atoms with van der Waals surface area (Å²) in [6.07, 6.45) is 0.412. The number of halogens is 1. The molecular weight excluding hydrogens is 446 g/mol. The summed E-state index contributed by atoms with van der Waals surface area (Å²) < 4.78 is 10.3. The van der Waals surface area contributed by atoms with Crippen molar-refractivity contribution in [1.29, 1.82) is 0 Å². The number of nitrogens with two attached hydrogens (primary N) is 1. The Balaban J connectivity index is 1.91. The van der Waals surface area contributed by atoms with E-state index in [-0.39, 0.29) is 30.3 Å². The summed E-state index contributed by atoms with van der Waals surface area (Å²) in [5.41, 5.74) is 1.40. The predicted octanol–water partition coefficient (Wildman–Crippen LogP) is 2.98. The van der Waals surface area contributed by atoms with Crippen molar-refractivity contribution in [2.24, 2.45) is 12.9 Å². The van der Waals surface area contributed by atoms with Gasteiger partial charge in [0, 0.05) is 18.6 Å². The largest absolute Gasteiger partial charge is 0.425 e. The molecule has 172 valence electrons. The number of fused-ring (bicyclic) bond motifs is 1. The number of imidazole rings is 1. The lowest BCUT2D eigenvalue weighted by Crippen LogP contribution is -2.40. The maximum absolute atomic E-state index is 13.4. The molecule has 0 saturated heterocycles. The third kappa shape index (κ3) is 4.56. The number of para-hydroxylation sites is 1. The number of aromatic nitrogens is 4. The lowest BCUT2D eigenvalue weighted by atomic mass is 10.2. The molecule has 9 nitrogen and oxygen atoms in total. The maximum atomic E-state index is 13.4. The van der Waals surface area contributed by atoms with E-state index in [9.17, 15) is 9.59 Å². The average Bonchev–Trinajstić information content (AvgIpc) is 3.16. The van der Waals surface area contributed by atoms with Crippen molar-refractivity contribution >= 4 is 22.8 Å². The van der Waals surface area contributed by atoms with E-state index < -0.39 is 11.2 Å². The molecule has 0 amide bonds. The molecule has 0 saturated carbocycles. The number of ether oxygens (including phenoxy) is 1. The minimum atomic E-state index is -0.469. The molecule has 4 rings (SSSR count). The van der Waals surface area contributed by atoms with E-state index in [1.807, 2.05) is 43.3 Å². The first kappa shape index (κ1) is 22.8. The molecule has 0 aliphatic rings. The molecule has 2 aromatic heterocycles. The second-order valence-electron chi connectivity index (χ2n) is 7.67. The lowest BCUT2D eigenvalue weighted by Gasteiger charge is -2.12. The fourth-order valence-corrected chi connectivity index (χ4v) is 3.75. The third-order valence-corrected chi connectivity index (χ3v) is 5.64. The molecular formula is C23H24ClN5O4. The van der Waals surface area contributed by atoms with Crippen molar-refractivity contribution in [1.82, 2.24) is 18.7 Å². The molecule has 2 heterocycles. The van der Waals surface area contributed by atoms with Gasteiger partial charge in [-0.3, -0.25) is 18.5 Å². The standard InChI is InChI=1S/C23H24ClN5O4/c1-15-6-3-4-7-18(15)33-22-26-20-19(29(22)14-16-8-10-17(24)11-9-16)21(30)28(12-5-13-32-25)23(31)27(20)2/h3-4,6-11H,5,12-14,25H2,1-2H3. The molecule has 0 radical (unpaired) electrons. The van der Waals surface area contributed by atoms with Gasteiger partial charge in [-0.15, -0.1) is 0 Å². The Hall–Kier alpha value is -3.40. The van der Waals surface area contributed by atoms with Gasteiger partial charge in [-0.05, 0) is 42.7 Å². The Kier molecular flexibility index (Phi) is 6.64. The molecule has 0 atom stereocenters. The van der Waals surface area contributed by atoms with Crippen LogP contribution < -0.4 is 21.9 Å². The second kappa shape index (κ2) is 9.62. The van der Waals surface area contributed by atoms with Crippen LogP contribution in [0.4, 0.5) is 0 Å². The molecule has 0 unspecified atom stereocenters. The number of aryl methyl sites for hydroxylation is 2. The van der Waals surface area contributed by atoms with Crippen LogP contribution in [-0.2, 0) is 25.0 Å². The summed E-state index contributed by atoms with van der Waals surface area (Å²) in [4.78, 5) is 35.4. The van der Waals surface area contributed by atoms with E-state index in [1.165, 1.54) is 9.13 Å². The van der Waals surface area contributed by atoms with Crippen LogP contribution in [0.3, 0.4) is 0 Å². The zero-order valence-corrected chi connectivity index (χ0v) is 19.1. The second-order valence-corrected chi connectivity index (χ2v) is 8.11. The van der Waals surface area contributed by atoms with Gasteiger partial charge in [0.15, 0.2) is 11.2 Å². The summed E-state index contributed by atoms with van der Waals surface area (Å²) in [6, 6.07) is 15.0. The topological polar surface area (TPSA) is 106 Å². The highest BCUT2D eigenvalue weighted by atomic mass is 35.5. The van der Waals surface area contributed by atoms with Crippen LogP contribution in [0.15, 0.2) is 58.1 Å². The van der Waals surface area contributed by atoms with Gasteiger partial charge in [0.2, 0.25) is 0 Å². The highest BCUT2D eigenvalue weighted by Gasteiger charge is 2.22. The minimum absolute atomic E-state index is 0.165. The van der Waals surface area contributed by atoms with Crippen LogP contribution in [0.2, 0.25) is 5.02 Å². The Bertz CT molecular complexity index is 1410. The number of nitrogens with zero attached hydrogens (tertiary/aromatic N) is 4. The Morgan fingerprint density at radius 2 is 1.79 bits per heavy atom. The molecule has 2 aromatic carbocycles. The highest BCUT2D eigenvalue weighted by Crippen LogP contribution is 2.27. The first-order valence-electron chi connectivity index (χ1n) is 10.4. The molecule has 33 heavy (non-hydrogen) atoms. The average molecular weight is 470 g/mol. The van der Waals surface area contributed by atoms with Crippen LogP contribution in [0.5, 0.6) is 11.8 Å². The fraction of sp³-hybridized carbons (Fsp3) is 0.261. The molecule has 2 N–H and O–H groups in total. The van der Waals surface area contributed by atoms with Gasteiger partial charge >= 0.3 is 11.7 Å². The van der Waals surface area contributed by atoms with Crippen LogP contribution in [0.1, 0.15) is 17.5 Å². The molecule has 0 bridgehead atoms. The quantitative estimate of drug-likeness (QED) is 0.314. The molecule has 0 fully saturated rings. The Morgan fingerprint density at radius 3 is 2.48 bits per heavy atom. The van der Waals surface area contributed by atoms with E-state index in [1.54, 1.807) is 23.7 Å². The molecule has 0 spiro atoms. The SMILES string of the molecule is Cc1ccccc1Oc1nc2c(c(=O)n(CCCON)c(=O)n2C)n1Cc1ccc(Cl)cc1. The van der Waals surface area contributed by atoms with Crippen molar-refractivity contribution in [2.45, 2.75) is 26.4 Å². The van der Waals surface area contributed by atoms with Crippen LogP contribution in [0.25, 0.3) is 11.2 Å². The molecule has 0 aliphatic carbocycles.